The molecule has 0 saturated carbocycles. The Labute approximate surface area is 111 Å². The summed E-state index contributed by atoms with van der Waals surface area (Å²) in [6.07, 6.45) is 0.561. The number of nitrogens with one attached hydrogen (secondary N) is 1. The molecule has 0 saturated heterocycles. The summed E-state index contributed by atoms with van der Waals surface area (Å²) in [7, 11) is 1.54. The van der Waals surface area contributed by atoms with Gasteiger partial charge in [-0.25, -0.2) is 4.39 Å². The molecule has 0 aliphatic rings. The Morgan fingerprint density at radius 1 is 1.26 bits per heavy atom. The lowest BCUT2D eigenvalue weighted by Gasteiger charge is -2.10. The number of anilines is 2. The van der Waals surface area contributed by atoms with Crippen LogP contribution in [0.3, 0.4) is 0 Å². The largest absolute Gasteiger partial charge is 0.481 e. The fraction of sp³-hybridized carbons (Fsp3) is 0.214. The van der Waals surface area contributed by atoms with E-state index >= 15 is 0 Å². The summed E-state index contributed by atoms with van der Waals surface area (Å²) >= 11 is 0. The summed E-state index contributed by atoms with van der Waals surface area (Å²) in [5, 5.41) is 3.08. The molecule has 0 aliphatic carbocycles. The van der Waals surface area contributed by atoms with Crippen molar-refractivity contribution in [3.8, 4) is 5.88 Å². The van der Waals surface area contributed by atoms with Crippen LogP contribution in [-0.2, 0) is 6.42 Å². The van der Waals surface area contributed by atoms with E-state index in [2.05, 4.69) is 10.3 Å². The van der Waals surface area contributed by atoms with Crippen molar-refractivity contribution < 1.29 is 9.13 Å². The third kappa shape index (κ3) is 3.34. The minimum atomic E-state index is -0.198. The topological polar surface area (TPSA) is 60.2 Å². The predicted molar refractivity (Wildman–Crippen MR) is 73.8 cm³/mol. The molecule has 5 heteroatoms. The number of hydrogen-bond acceptors (Lipinski definition) is 4. The molecule has 0 atom stereocenters. The van der Waals surface area contributed by atoms with E-state index in [0.29, 0.717) is 35.9 Å². The first kappa shape index (κ1) is 13.1. The number of benzene rings is 1. The van der Waals surface area contributed by atoms with Gasteiger partial charge >= 0.3 is 0 Å². The molecule has 4 nitrogen and oxygen atoms in total. The van der Waals surface area contributed by atoms with E-state index in [1.54, 1.807) is 31.4 Å². The van der Waals surface area contributed by atoms with Gasteiger partial charge in [0.25, 0.3) is 0 Å². The Balaban J connectivity index is 1.98. The minimum absolute atomic E-state index is 0.198. The van der Waals surface area contributed by atoms with Crippen molar-refractivity contribution in [1.82, 2.24) is 4.98 Å². The molecule has 0 bridgehead atoms. The number of nitrogen functional groups attached to an aromatic ring is 1. The van der Waals surface area contributed by atoms with Crippen LogP contribution in [0.25, 0.3) is 0 Å². The second-order valence-corrected chi connectivity index (χ2v) is 4.06. The lowest BCUT2D eigenvalue weighted by Crippen LogP contribution is -2.09. The van der Waals surface area contributed by atoms with Gasteiger partial charge in [0.2, 0.25) is 5.88 Å². The van der Waals surface area contributed by atoms with Crippen molar-refractivity contribution in [2.45, 2.75) is 6.42 Å². The van der Waals surface area contributed by atoms with Gasteiger partial charge in [0.15, 0.2) is 5.82 Å². The van der Waals surface area contributed by atoms with Crippen LogP contribution >= 0.6 is 0 Å². The summed E-state index contributed by atoms with van der Waals surface area (Å²) in [5.74, 6) is 0.842. The van der Waals surface area contributed by atoms with Gasteiger partial charge in [-0.05, 0) is 24.1 Å². The van der Waals surface area contributed by atoms with Crippen LogP contribution in [0.1, 0.15) is 5.56 Å². The van der Waals surface area contributed by atoms with Crippen LogP contribution in [0.4, 0.5) is 15.9 Å². The summed E-state index contributed by atoms with van der Waals surface area (Å²) in [6.45, 7) is 0.547. The minimum Gasteiger partial charge on any atom is -0.481 e. The molecule has 1 aromatic carbocycles. The fourth-order valence-electron chi connectivity index (χ4n) is 1.72. The summed E-state index contributed by atoms with van der Waals surface area (Å²) in [5.41, 5.74) is 7.00. The van der Waals surface area contributed by atoms with Gasteiger partial charge in [-0.15, -0.1) is 0 Å². The van der Waals surface area contributed by atoms with E-state index in [1.165, 1.54) is 6.07 Å². The predicted octanol–water partition coefficient (Wildman–Crippen LogP) is 2.47. The number of hydrogen-bond donors (Lipinski definition) is 2. The summed E-state index contributed by atoms with van der Waals surface area (Å²) in [6, 6.07) is 10.1. The van der Waals surface area contributed by atoms with E-state index in [4.69, 9.17) is 10.5 Å². The van der Waals surface area contributed by atoms with Crippen LogP contribution in [0.2, 0.25) is 0 Å². The summed E-state index contributed by atoms with van der Waals surface area (Å²) < 4.78 is 18.5. The van der Waals surface area contributed by atoms with E-state index in [1.807, 2.05) is 6.07 Å². The first-order valence-electron chi connectivity index (χ1n) is 5.98. The first-order chi connectivity index (χ1) is 9.20. The van der Waals surface area contributed by atoms with E-state index in [-0.39, 0.29) is 5.82 Å². The Kier molecular flexibility index (Phi) is 4.18. The molecule has 3 N–H and O–H groups in total. The molecular formula is C14H16FN3O. The van der Waals surface area contributed by atoms with Crippen molar-refractivity contribution in [3.05, 3.63) is 47.8 Å². The number of nitrogens with zero attached hydrogens (tertiary/aromatic N) is 1. The monoisotopic (exact) mass is 261 g/mol. The average Bonchev–Trinajstić information content (AvgIpc) is 2.43. The van der Waals surface area contributed by atoms with Crippen molar-refractivity contribution in [1.29, 1.82) is 0 Å². The highest BCUT2D eigenvalue weighted by Gasteiger charge is 2.04. The third-order valence-corrected chi connectivity index (χ3v) is 2.75. The molecule has 0 radical (unpaired) electrons. The fourth-order valence-corrected chi connectivity index (χ4v) is 1.72. The lowest BCUT2D eigenvalue weighted by molar-refractivity contribution is 0.398. The third-order valence-electron chi connectivity index (χ3n) is 2.75. The van der Waals surface area contributed by atoms with Gasteiger partial charge in [0.1, 0.15) is 5.82 Å². The van der Waals surface area contributed by atoms with Gasteiger partial charge in [0, 0.05) is 12.6 Å². The van der Waals surface area contributed by atoms with Gasteiger partial charge in [-0.3, -0.25) is 0 Å². The number of nitrogens with two attached hydrogens (primary N) is 1. The number of aromatic nitrogens is 1. The zero-order chi connectivity index (χ0) is 13.7. The average molecular weight is 261 g/mol. The van der Waals surface area contributed by atoms with Gasteiger partial charge in [-0.2, -0.15) is 4.98 Å². The lowest BCUT2D eigenvalue weighted by atomic mass is 10.1. The smallest absolute Gasteiger partial charge is 0.215 e. The Morgan fingerprint density at radius 2 is 2.05 bits per heavy atom. The molecule has 0 spiro atoms. The second kappa shape index (κ2) is 6.04. The van der Waals surface area contributed by atoms with E-state index < -0.39 is 0 Å². The number of methoxy groups -OCH3 is 1. The van der Waals surface area contributed by atoms with Crippen molar-refractivity contribution in [2.75, 3.05) is 24.7 Å². The maximum absolute atomic E-state index is 13.4. The summed E-state index contributed by atoms with van der Waals surface area (Å²) in [4.78, 5) is 4.19. The highest BCUT2D eigenvalue weighted by molar-refractivity contribution is 5.61. The quantitative estimate of drug-likeness (QED) is 0.868. The van der Waals surface area contributed by atoms with Crippen LogP contribution in [0.15, 0.2) is 36.4 Å². The molecule has 1 aromatic heterocycles. The molecule has 0 aliphatic heterocycles. The number of halogens is 1. The van der Waals surface area contributed by atoms with Crippen LogP contribution in [0, 0.1) is 5.82 Å². The molecule has 19 heavy (non-hydrogen) atoms. The Hall–Kier alpha value is -2.30. The van der Waals surface area contributed by atoms with Crippen LogP contribution < -0.4 is 15.8 Å². The standard InChI is InChI=1S/C14H16FN3O/c1-19-13-7-6-12(16)14(18-13)17-9-8-10-4-2-3-5-11(10)15/h2-7H,8-9,16H2,1H3,(H,17,18). The number of rotatable bonds is 5. The maximum Gasteiger partial charge on any atom is 0.215 e. The van der Waals surface area contributed by atoms with Gasteiger partial charge in [-0.1, -0.05) is 18.2 Å². The molecule has 0 amide bonds. The molecule has 1 heterocycles. The highest BCUT2D eigenvalue weighted by atomic mass is 19.1. The zero-order valence-corrected chi connectivity index (χ0v) is 10.7. The Bertz CT molecular complexity index is 560. The van der Waals surface area contributed by atoms with Crippen LogP contribution in [-0.4, -0.2) is 18.6 Å². The zero-order valence-electron chi connectivity index (χ0n) is 10.7. The molecule has 0 unspecified atom stereocenters. The number of pyridine rings is 1. The normalized spacial score (nSPS) is 10.2. The SMILES string of the molecule is COc1ccc(N)c(NCCc2ccccc2F)n1. The maximum atomic E-state index is 13.4. The van der Waals surface area contributed by atoms with E-state index in [9.17, 15) is 4.39 Å². The molecular weight excluding hydrogens is 245 g/mol. The van der Waals surface area contributed by atoms with Crippen molar-refractivity contribution in [2.24, 2.45) is 0 Å². The van der Waals surface area contributed by atoms with Crippen molar-refractivity contribution in [3.63, 3.8) is 0 Å². The molecule has 0 fully saturated rings. The number of ether oxygens (including phenoxy) is 1. The Morgan fingerprint density at radius 3 is 2.79 bits per heavy atom. The van der Waals surface area contributed by atoms with Crippen molar-refractivity contribution >= 4 is 11.5 Å². The molecule has 2 rings (SSSR count). The molecule has 2 aromatic rings. The van der Waals surface area contributed by atoms with Gasteiger partial charge in [0.05, 0.1) is 12.8 Å². The second-order valence-electron chi connectivity index (χ2n) is 4.06. The van der Waals surface area contributed by atoms with Crippen LogP contribution in [0.5, 0.6) is 5.88 Å². The highest BCUT2D eigenvalue weighted by Crippen LogP contribution is 2.19. The van der Waals surface area contributed by atoms with Gasteiger partial charge < -0.3 is 15.8 Å². The molecule has 100 valence electrons. The first-order valence-corrected chi connectivity index (χ1v) is 5.98. The van der Waals surface area contributed by atoms with E-state index in [0.717, 1.165) is 0 Å².